The van der Waals surface area contributed by atoms with Crippen molar-refractivity contribution in [3.8, 4) is 5.75 Å². The van der Waals surface area contributed by atoms with Gasteiger partial charge in [0.2, 0.25) is 5.91 Å². The molecule has 1 heterocycles. The molecule has 2 amide bonds. The SMILES string of the molecule is COCCOc1cccc(CNC(=O)C2CCN(C(=O)c3ccc(C(F)(F)F)cc3)CC2)c1. The molecule has 0 aliphatic carbocycles. The second-order valence-electron chi connectivity index (χ2n) is 7.85. The van der Waals surface area contributed by atoms with Crippen LogP contribution in [-0.2, 0) is 22.3 Å². The number of amides is 2. The van der Waals surface area contributed by atoms with Gasteiger partial charge in [-0.2, -0.15) is 13.2 Å². The van der Waals surface area contributed by atoms with Crippen molar-refractivity contribution in [3.05, 3.63) is 65.2 Å². The molecule has 1 fully saturated rings. The summed E-state index contributed by atoms with van der Waals surface area (Å²) >= 11 is 0. The second kappa shape index (κ2) is 11.2. The molecular formula is C24H27F3N2O4. The van der Waals surface area contributed by atoms with E-state index >= 15 is 0 Å². The number of ether oxygens (including phenoxy) is 2. The number of hydrogen-bond donors (Lipinski definition) is 1. The number of likely N-dealkylation sites (tertiary alicyclic amines) is 1. The predicted octanol–water partition coefficient (Wildman–Crippen LogP) is 3.90. The summed E-state index contributed by atoms with van der Waals surface area (Å²) in [6.45, 7) is 2.05. The molecule has 0 atom stereocenters. The molecule has 2 aromatic rings. The number of hydrogen-bond acceptors (Lipinski definition) is 4. The molecule has 0 radical (unpaired) electrons. The van der Waals surface area contributed by atoms with Crippen molar-refractivity contribution in [3.63, 3.8) is 0 Å². The van der Waals surface area contributed by atoms with Gasteiger partial charge >= 0.3 is 6.18 Å². The van der Waals surface area contributed by atoms with Crippen molar-refractivity contribution in [2.45, 2.75) is 25.6 Å². The predicted molar refractivity (Wildman–Crippen MR) is 116 cm³/mol. The Morgan fingerprint density at radius 1 is 1.06 bits per heavy atom. The van der Waals surface area contributed by atoms with Crippen molar-refractivity contribution in [2.75, 3.05) is 33.4 Å². The van der Waals surface area contributed by atoms with Crippen molar-refractivity contribution < 1.29 is 32.2 Å². The molecule has 0 unspecified atom stereocenters. The average Bonchev–Trinajstić information content (AvgIpc) is 2.82. The Hall–Kier alpha value is -3.07. The first kappa shape index (κ1) is 24.6. The van der Waals surface area contributed by atoms with Crippen molar-refractivity contribution in [1.29, 1.82) is 0 Å². The number of methoxy groups -OCH3 is 1. The number of halogens is 3. The summed E-state index contributed by atoms with van der Waals surface area (Å²) in [6, 6.07) is 11.7. The summed E-state index contributed by atoms with van der Waals surface area (Å²) in [7, 11) is 1.60. The first-order valence-corrected chi connectivity index (χ1v) is 10.7. The van der Waals surface area contributed by atoms with Gasteiger partial charge in [0.05, 0.1) is 12.2 Å². The molecule has 3 rings (SSSR count). The number of piperidine rings is 1. The monoisotopic (exact) mass is 464 g/mol. The van der Waals surface area contributed by atoms with Crippen LogP contribution < -0.4 is 10.1 Å². The Bertz CT molecular complexity index is 939. The zero-order valence-corrected chi connectivity index (χ0v) is 18.4. The Balaban J connectivity index is 1.46. The van der Waals surface area contributed by atoms with Gasteiger partial charge in [-0.3, -0.25) is 9.59 Å². The molecule has 1 N–H and O–H groups in total. The molecular weight excluding hydrogens is 437 g/mol. The van der Waals surface area contributed by atoms with Crippen LogP contribution in [0.5, 0.6) is 5.75 Å². The van der Waals surface area contributed by atoms with E-state index < -0.39 is 11.7 Å². The molecule has 1 aliphatic heterocycles. The molecule has 0 bridgehead atoms. The lowest BCUT2D eigenvalue weighted by molar-refractivity contribution is -0.137. The molecule has 1 aliphatic rings. The van der Waals surface area contributed by atoms with Gasteiger partial charge in [-0.25, -0.2) is 0 Å². The van der Waals surface area contributed by atoms with Gasteiger partial charge in [0.1, 0.15) is 12.4 Å². The average molecular weight is 464 g/mol. The lowest BCUT2D eigenvalue weighted by atomic mass is 9.95. The highest BCUT2D eigenvalue weighted by Crippen LogP contribution is 2.29. The minimum atomic E-state index is -4.44. The summed E-state index contributed by atoms with van der Waals surface area (Å²) in [5.41, 5.74) is 0.327. The Morgan fingerprint density at radius 3 is 2.39 bits per heavy atom. The highest BCUT2D eigenvalue weighted by atomic mass is 19.4. The zero-order chi connectivity index (χ0) is 23.8. The van der Waals surface area contributed by atoms with Crippen LogP contribution in [0, 0.1) is 5.92 Å². The minimum Gasteiger partial charge on any atom is -0.491 e. The largest absolute Gasteiger partial charge is 0.491 e. The van der Waals surface area contributed by atoms with E-state index in [0.29, 0.717) is 51.4 Å². The maximum absolute atomic E-state index is 12.7. The summed E-state index contributed by atoms with van der Waals surface area (Å²) < 4.78 is 48.6. The highest BCUT2D eigenvalue weighted by molar-refractivity contribution is 5.94. The number of alkyl halides is 3. The lowest BCUT2D eigenvalue weighted by Gasteiger charge is -2.31. The summed E-state index contributed by atoms with van der Waals surface area (Å²) in [4.78, 5) is 26.8. The number of rotatable bonds is 8. The fourth-order valence-corrected chi connectivity index (χ4v) is 3.65. The number of carbonyl (C=O) groups excluding carboxylic acids is 2. The number of nitrogens with zero attached hydrogens (tertiary/aromatic N) is 1. The quantitative estimate of drug-likeness (QED) is 0.602. The third-order valence-electron chi connectivity index (χ3n) is 5.53. The third kappa shape index (κ3) is 6.95. The van der Waals surface area contributed by atoms with Gasteiger partial charge in [0.15, 0.2) is 0 Å². The number of carbonyl (C=O) groups is 2. The topological polar surface area (TPSA) is 67.9 Å². The number of nitrogens with one attached hydrogen (secondary N) is 1. The van der Waals surface area contributed by atoms with Gasteiger partial charge in [-0.05, 0) is 54.8 Å². The maximum Gasteiger partial charge on any atom is 0.416 e. The van der Waals surface area contributed by atoms with Crippen LogP contribution >= 0.6 is 0 Å². The smallest absolute Gasteiger partial charge is 0.416 e. The van der Waals surface area contributed by atoms with Gasteiger partial charge in [-0.1, -0.05) is 12.1 Å². The molecule has 178 valence electrons. The van der Waals surface area contributed by atoms with Crippen LogP contribution in [0.4, 0.5) is 13.2 Å². The van der Waals surface area contributed by atoms with E-state index in [-0.39, 0.29) is 23.3 Å². The minimum absolute atomic E-state index is 0.0812. The zero-order valence-electron chi connectivity index (χ0n) is 18.4. The summed E-state index contributed by atoms with van der Waals surface area (Å²) in [5, 5.41) is 2.93. The molecule has 9 heteroatoms. The fraction of sp³-hybridized carbons (Fsp3) is 0.417. The molecule has 0 aromatic heterocycles. The van der Waals surface area contributed by atoms with Gasteiger partial charge < -0.3 is 19.7 Å². The Morgan fingerprint density at radius 2 is 1.76 bits per heavy atom. The molecule has 0 spiro atoms. The highest BCUT2D eigenvalue weighted by Gasteiger charge is 2.31. The van der Waals surface area contributed by atoms with Crippen LogP contribution in [0.2, 0.25) is 0 Å². The van der Waals surface area contributed by atoms with Crippen molar-refractivity contribution in [1.82, 2.24) is 10.2 Å². The number of benzene rings is 2. The van der Waals surface area contributed by atoms with E-state index in [9.17, 15) is 22.8 Å². The Labute approximate surface area is 190 Å². The van der Waals surface area contributed by atoms with Crippen LogP contribution in [0.25, 0.3) is 0 Å². The third-order valence-corrected chi connectivity index (χ3v) is 5.53. The van der Waals surface area contributed by atoms with E-state index in [4.69, 9.17) is 9.47 Å². The van der Waals surface area contributed by atoms with Crippen LogP contribution in [0.3, 0.4) is 0 Å². The van der Waals surface area contributed by atoms with Gasteiger partial charge in [-0.15, -0.1) is 0 Å². The van der Waals surface area contributed by atoms with Crippen molar-refractivity contribution >= 4 is 11.8 Å². The molecule has 1 saturated heterocycles. The van der Waals surface area contributed by atoms with E-state index in [1.807, 2.05) is 24.3 Å². The lowest BCUT2D eigenvalue weighted by Crippen LogP contribution is -2.42. The summed E-state index contributed by atoms with van der Waals surface area (Å²) in [6.07, 6.45) is -3.44. The van der Waals surface area contributed by atoms with Gasteiger partial charge in [0.25, 0.3) is 5.91 Å². The standard InChI is InChI=1S/C24H27F3N2O4/c1-32-13-14-33-21-4-2-3-17(15-21)16-28-22(30)18-9-11-29(12-10-18)23(31)19-5-7-20(8-6-19)24(25,26)27/h2-8,15,18H,9-14,16H2,1H3,(H,28,30). The molecule has 6 nitrogen and oxygen atoms in total. The van der Waals surface area contributed by atoms with Crippen LogP contribution in [-0.4, -0.2) is 50.1 Å². The maximum atomic E-state index is 12.7. The van der Waals surface area contributed by atoms with Crippen molar-refractivity contribution in [2.24, 2.45) is 5.92 Å². The first-order valence-electron chi connectivity index (χ1n) is 10.7. The van der Waals surface area contributed by atoms with E-state index in [2.05, 4.69) is 5.32 Å². The van der Waals surface area contributed by atoms with Gasteiger partial charge in [0, 0.05) is 38.2 Å². The van der Waals surface area contributed by atoms with E-state index in [1.165, 1.54) is 12.1 Å². The molecule has 33 heavy (non-hydrogen) atoms. The summed E-state index contributed by atoms with van der Waals surface area (Å²) in [5.74, 6) is 0.0758. The van der Waals surface area contributed by atoms with E-state index in [1.54, 1.807) is 12.0 Å². The van der Waals surface area contributed by atoms with E-state index in [0.717, 1.165) is 17.7 Å². The Kier molecular flexibility index (Phi) is 8.32. The first-order chi connectivity index (χ1) is 15.8. The molecule has 2 aromatic carbocycles. The van der Waals surface area contributed by atoms with Crippen LogP contribution in [0.1, 0.15) is 34.3 Å². The fourth-order valence-electron chi connectivity index (χ4n) is 3.65. The van der Waals surface area contributed by atoms with Crippen LogP contribution in [0.15, 0.2) is 48.5 Å². The second-order valence-corrected chi connectivity index (χ2v) is 7.85. The normalized spacial score (nSPS) is 14.7. The molecule has 0 saturated carbocycles.